The van der Waals surface area contributed by atoms with Gasteiger partial charge in [-0.2, -0.15) is 0 Å². The van der Waals surface area contributed by atoms with Gasteiger partial charge in [-0.25, -0.2) is 0 Å². The van der Waals surface area contributed by atoms with E-state index in [0.717, 1.165) is 19.3 Å². The average Bonchev–Trinajstić information content (AvgIpc) is 2.53. The van der Waals surface area contributed by atoms with Crippen LogP contribution in [0.4, 0.5) is 0 Å². The number of carbonyl (C=O) groups excluding carboxylic acids is 2. The molecule has 0 aromatic heterocycles. The van der Waals surface area contributed by atoms with Crippen LogP contribution in [0.25, 0.3) is 0 Å². The van der Waals surface area contributed by atoms with Crippen molar-refractivity contribution in [1.82, 2.24) is 10.6 Å². The fourth-order valence-electron chi connectivity index (χ4n) is 3.45. The molecule has 1 aromatic rings. The zero-order valence-corrected chi connectivity index (χ0v) is 15.2. The lowest BCUT2D eigenvalue weighted by atomic mass is 9.44. The molecule has 3 fully saturated rings. The Hall–Kier alpha value is -1.75. The number of nitrogens with one attached hydrogen (secondary N) is 2. The minimum Gasteiger partial charge on any atom is -0.484 e. The van der Waals surface area contributed by atoms with Crippen molar-refractivity contribution in [2.24, 2.45) is 0 Å². The molecule has 6 heteroatoms. The molecule has 0 spiro atoms. The van der Waals surface area contributed by atoms with Crippen LogP contribution in [0.2, 0.25) is 5.02 Å². The summed E-state index contributed by atoms with van der Waals surface area (Å²) in [6.07, 6.45) is 2.95. The number of rotatable bonds is 6. The molecule has 3 aliphatic rings. The van der Waals surface area contributed by atoms with Gasteiger partial charge < -0.3 is 15.4 Å². The Bertz CT molecular complexity index is 581. The second-order valence-corrected chi connectivity index (χ2v) is 6.72. The average molecular weight is 353 g/mol. The maximum atomic E-state index is 11.9. The zero-order chi connectivity index (χ0) is 17.8. The minimum absolute atomic E-state index is 0.0162. The van der Waals surface area contributed by atoms with Crippen LogP contribution in [0.3, 0.4) is 0 Å². The van der Waals surface area contributed by atoms with Crippen molar-refractivity contribution >= 4 is 23.4 Å². The lowest BCUT2D eigenvalue weighted by Crippen LogP contribution is -2.84. The summed E-state index contributed by atoms with van der Waals surface area (Å²) in [7, 11) is 0. The van der Waals surface area contributed by atoms with E-state index < -0.39 is 0 Å². The highest BCUT2D eigenvalue weighted by atomic mass is 35.5. The first-order chi connectivity index (χ1) is 11.4. The van der Waals surface area contributed by atoms with Crippen molar-refractivity contribution in [1.29, 1.82) is 0 Å². The Labute approximate surface area is 148 Å². The molecule has 5 nitrogen and oxygen atoms in total. The predicted molar refractivity (Wildman–Crippen MR) is 94.2 cm³/mol. The lowest BCUT2D eigenvalue weighted by molar-refractivity contribution is -0.150. The number of halogens is 1. The molecule has 1 aromatic carbocycles. The molecule has 132 valence electrons. The SMILES string of the molecule is CC.CCC(=O)NC12CC(NC(=O)COc3ccc(Cl)cc3)(C1)C2. The second kappa shape index (κ2) is 7.43. The van der Waals surface area contributed by atoms with Crippen LogP contribution in [0.1, 0.15) is 46.5 Å². The van der Waals surface area contributed by atoms with Crippen LogP contribution >= 0.6 is 11.6 Å². The monoisotopic (exact) mass is 352 g/mol. The Morgan fingerprint density at radius 3 is 2.04 bits per heavy atom. The van der Waals surface area contributed by atoms with E-state index in [1.165, 1.54) is 0 Å². The van der Waals surface area contributed by atoms with Gasteiger partial charge in [-0.15, -0.1) is 0 Å². The normalized spacial score (nSPS) is 26.0. The molecule has 0 saturated heterocycles. The molecule has 0 heterocycles. The highest BCUT2D eigenvalue weighted by Gasteiger charge is 2.69. The summed E-state index contributed by atoms with van der Waals surface area (Å²) in [5, 5.41) is 6.68. The number of benzene rings is 1. The Morgan fingerprint density at radius 2 is 1.54 bits per heavy atom. The molecule has 0 radical (unpaired) electrons. The van der Waals surface area contributed by atoms with E-state index in [0.29, 0.717) is 17.2 Å². The summed E-state index contributed by atoms with van der Waals surface area (Å²) in [5.74, 6) is 0.555. The van der Waals surface area contributed by atoms with Gasteiger partial charge in [0.15, 0.2) is 6.61 Å². The highest BCUT2D eigenvalue weighted by molar-refractivity contribution is 6.30. The summed E-state index contributed by atoms with van der Waals surface area (Å²) >= 11 is 5.79. The number of carbonyl (C=O) groups is 2. The van der Waals surface area contributed by atoms with E-state index in [1.807, 2.05) is 20.8 Å². The van der Waals surface area contributed by atoms with Gasteiger partial charge in [0, 0.05) is 22.5 Å². The summed E-state index contributed by atoms with van der Waals surface area (Å²) < 4.78 is 5.42. The summed E-state index contributed by atoms with van der Waals surface area (Å²) in [6, 6.07) is 6.89. The van der Waals surface area contributed by atoms with E-state index in [1.54, 1.807) is 24.3 Å². The minimum atomic E-state index is -0.137. The summed E-state index contributed by atoms with van der Waals surface area (Å²) in [5.41, 5.74) is -0.209. The van der Waals surface area contributed by atoms with Gasteiger partial charge >= 0.3 is 0 Å². The highest BCUT2D eigenvalue weighted by Crippen LogP contribution is 2.60. The van der Waals surface area contributed by atoms with Gasteiger partial charge in [-0.3, -0.25) is 9.59 Å². The molecular formula is C18H25ClN2O3. The van der Waals surface area contributed by atoms with Gasteiger partial charge in [-0.1, -0.05) is 32.4 Å². The molecule has 2 N–H and O–H groups in total. The molecule has 0 atom stereocenters. The first-order valence-corrected chi connectivity index (χ1v) is 8.82. The van der Waals surface area contributed by atoms with Crippen molar-refractivity contribution in [2.75, 3.05) is 6.61 Å². The Kier molecular flexibility index (Phi) is 5.75. The van der Waals surface area contributed by atoms with E-state index in [-0.39, 0.29) is 29.5 Å². The molecular weight excluding hydrogens is 328 g/mol. The van der Waals surface area contributed by atoms with Crippen LogP contribution in [0, 0.1) is 0 Å². The Morgan fingerprint density at radius 1 is 1.04 bits per heavy atom. The smallest absolute Gasteiger partial charge is 0.258 e. The lowest BCUT2D eigenvalue weighted by Gasteiger charge is -2.70. The fourth-order valence-corrected chi connectivity index (χ4v) is 3.57. The summed E-state index contributed by atoms with van der Waals surface area (Å²) in [4.78, 5) is 23.4. The van der Waals surface area contributed by atoms with E-state index in [4.69, 9.17) is 16.3 Å². The van der Waals surface area contributed by atoms with Crippen molar-refractivity contribution in [2.45, 2.75) is 57.5 Å². The third-order valence-corrected chi connectivity index (χ3v) is 4.60. The fraction of sp³-hybridized carbons (Fsp3) is 0.556. The largest absolute Gasteiger partial charge is 0.484 e. The van der Waals surface area contributed by atoms with Gasteiger partial charge in [0.2, 0.25) is 5.91 Å². The third-order valence-electron chi connectivity index (χ3n) is 4.34. The van der Waals surface area contributed by atoms with Crippen LogP contribution in [0.5, 0.6) is 5.75 Å². The quantitative estimate of drug-likeness (QED) is 0.826. The van der Waals surface area contributed by atoms with Crippen LogP contribution in [0.15, 0.2) is 24.3 Å². The van der Waals surface area contributed by atoms with Crippen LogP contribution in [-0.2, 0) is 9.59 Å². The molecule has 4 rings (SSSR count). The number of hydrogen-bond donors (Lipinski definition) is 2. The van der Waals surface area contributed by atoms with Crippen molar-refractivity contribution in [3.8, 4) is 5.75 Å². The predicted octanol–water partition coefficient (Wildman–Crippen LogP) is 3.06. The van der Waals surface area contributed by atoms with Gasteiger partial charge in [0.05, 0.1) is 0 Å². The van der Waals surface area contributed by atoms with E-state index in [2.05, 4.69) is 10.6 Å². The zero-order valence-electron chi connectivity index (χ0n) is 14.4. The molecule has 3 aliphatic carbocycles. The molecule has 0 aliphatic heterocycles. The number of ether oxygens (including phenoxy) is 1. The van der Waals surface area contributed by atoms with Gasteiger partial charge in [-0.05, 0) is 43.5 Å². The number of amides is 2. The maximum absolute atomic E-state index is 11.9. The van der Waals surface area contributed by atoms with Crippen LogP contribution < -0.4 is 15.4 Å². The topological polar surface area (TPSA) is 67.4 Å². The molecule has 24 heavy (non-hydrogen) atoms. The van der Waals surface area contributed by atoms with Crippen LogP contribution in [-0.4, -0.2) is 29.5 Å². The van der Waals surface area contributed by atoms with Crippen molar-refractivity contribution in [3.05, 3.63) is 29.3 Å². The maximum Gasteiger partial charge on any atom is 0.258 e. The van der Waals surface area contributed by atoms with E-state index in [9.17, 15) is 9.59 Å². The molecule has 0 unspecified atom stereocenters. The second-order valence-electron chi connectivity index (χ2n) is 6.28. The molecule has 3 saturated carbocycles. The molecule has 2 amide bonds. The Balaban J connectivity index is 0.00000100. The molecule has 2 bridgehead atoms. The summed E-state index contributed by atoms with van der Waals surface area (Å²) in [6.45, 7) is 5.82. The standard InChI is InChI=1S/C16H19ClN2O3.C2H6/c1-2-13(20)18-15-8-16(9-15,10-15)19-14(21)7-22-12-5-3-11(17)4-6-12;1-2/h3-6H,2,7-10H2,1H3,(H,18,20)(H,19,21);1-2H3. The van der Waals surface area contributed by atoms with Crippen molar-refractivity contribution in [3.63, 3.8) is 0 Å². The van der Waals surface area contributed by atoms with Gasteiger partial charge in [0.1, 0.15) is 5.75 Å². The third kappa shape index (κ3) is 4.01. The van der Waals surface area contributed by atoms with Crippen molar-refractivity contribution < 1.29 is 14.3 Å². The van der Waals surface area contributed by atoms with E-state index >= 15 is 0 Å². The number of hydrogen-bond acceptors (Lipinski definition) is 3. The first-order valence-electron chi connectivity index (χ1n) is 8.45. The first kappa shape index (κ1) is 18.6. The van der Waals surface area contributed by atoms with Gasteiger partial charge in [0.25, 0.3) is 5.91 Å².